The Labute approximate surface area is 100 Å². The fourth-order valence-electron chi connectivity index (χ4n) is 1.77. The summed E-state index contributed by atoms with van der Waals surface area (Å²) in [5, 5.41) is 2.88. The molecule has 1 aromatic rings. The summed E-state index contributed by atoms with van der Waals surface area (Å²) in [4.78, 5) is 0. The molecule has 1 N–H and O–H groups in total. The lowest BCUT2D eigenvalue weighted by Crippen LogP contribution is -2.26. The Kier molecular flexibility index (Phi) is 4.57. The van der Waals surface area contributed by atoms with Gasteiger partial charge in [-0.1, -0.05) is 25.1 Å². The van der Waals surface area contributed by atoms with Gasteiger partial charge in [0.05, 0.1) is 6.42 Å². The molecule has 1 unspecified atom stereocenters. The molecular weight excluding hydrogens is 227 g/mol. The number of nitrogens with one attached hydrogen (secondary N) is 1. The molecule has 0 bridgehead atoms. The van der Waals surface area contributed by atoms with Crippen molar-refractivity contribution in [2.75, 3.05) is 6.54 Å². The van der Waals surface area contributed by atoms with Gasteiger partial charge in [0.15, 0.2) is 0 Å². The van der Waals surface area contributed by atoms with Crippen LogP contribution in [0.15, 0.2) is 18.2 Å². The first-order chi connectivity index (χ1) is 7.83. The van der Waals surface area contributed by atoms with Crippen molar-refractivity contribution >= 4 is 0 Å². The molecular formula is C13H18F3N. The average Bonchev–Trinajstić information content (AvgIpc) is 2.19. The number of alkyl halides is 3. The van der Waals surface area contributed by atoms with Gasteiger partial charge in [-0.05, 0) is 37.1 Å². The van der Waals surface area contributed by atoms with Crippen LogP contribution >= 0.6 is 0 Å². The topological polar surface area (TPSA) is 12.0 Å². The van der Waals surface area contributed by atoms with E-state index in [2.05, 4.69) is 5.32 Å². The second-order valence-corrected chi connectivity index (χ2v) is 4.27. The number of aryl methyl sites for hydroxylation is 2. The Morgan fingerprint density at radius 3 is 2.29 bits per heavy atom. The van der Waals surface area contributed by atoms with Crippen molar-refractivity contribution in [3.05, 3.63) is 34.9 Å². The molecule has 0 spiro atoms. The summed E-state index contributed by atoms with van der Waals surface area (Å²) in [5.41, 5.74) is 2.82. The highest BCUT2D eigenvalue weighted by molar-refractivity contribution is 5.31. The summed E-state index contributed by atoms with van der Waals surface area (Å²) < 4.78 is 37.4. The van der Waals surface area contributed by atoms with E-state index in [0.29, 0.717) is 12.1 Å². The number of benzene rings is 1. The molecule has 4 heteroatoms. The molecule has 1 atom stereocenters. The predicted octanol–water partition coefficient (Wildman–Crippen LogP) is 3.91. The molecule has 0 amide bonds. The molecule has 1 aromatic carbocycles. The Morgan fingerprint density at radius 2 is 1.82 bits per heavy atom. The van der Waals surface area contributed by atoms with Crippen molar-refractivity contribution in [1.82, 2.24) is 5.32 Å². The van der Waals surface area contributed by atoms with Crippen molar-refractivity contribution in [2.45, 2.75) is 39.4 Å². The second-order valence-electron chi connectivity index (χ2n) is 4.27. The third kappa shape index (κ3) is 4.38. The molecule has 0 saturated heterocycles. The predicted molar refractivity (Wildman–Crippen MR) is 63.0 cm³/mol. The minimum Gasteiger partial charge on any atom is -0.310 e. The summed E-state index contributed by atoms with van der Waals surface area (Å²) in [5.74, 6) is 0. The first kappa shape index (κ1) is 14.0. The van der Waals surface area contributed by atoms with Crippen LogP contribution in [0.2, 0.25) is 0 Å². The maximum atomic E-state index is 12.5. The number of hydrogen-bond acceptors (Lipinski definition) is 1. The van der Waals surface area contributed by atoms with Gasteiger partial charge in [0, 0.05) is 6.04 Å². The Hall–Kier alpha value is -1.03. The second kappa shape index (κ2) is 5.54. The van der Waals surface area contributed by atoms with Gasteiger partial charge >= 0.3 is 6.18 Å². The molecule has 0 saturated carbocycles. The van der Waals surface area contributed by atoms with E-state index in [4.69, 9.17) is 0 Å². The number of rotatable bonds is 4. The third-order valence-corrected chi connectivity index (χ3v) is 2.82. The van der Waals surface area contributed by atoms with Gasteiger partial charge in [-0.15, -0.1) is 0 Å². The number of hydrogen-bond donors (Lipinski definition) is 1. The van der Waals surface area contributed by atoms with Gasteiger partial charge in [0.2, 0.25) is 0 Å². The highest BCUT2D eigenvalue weighted by atomic mass is 19.4. The Bertz CT molecular complexity index is 371. The molecule has 0 radical (unpaired) electrons. The van der Waals surface area contributed by atoms with Crippen molar-refractivity contribution in [3.63, 3.8) is 0 Å². The van der Waals surface area contributed by atoms with Crippen LogP contribution in [-0.2, 0) is 0 Å². The van der Waals surface area contributed by atoms with Crippen LogP contribution in [0.3, 0.4) is 0 Å². The first-order valence-corrected chi connectivity index (χ1v) is 5.70. The molecule has 0 aliphatic carbocycles. The van der Waals surface area contributed by atoms with Crippen LogP contribution in [-0.4, -0.2) is 12.7 Å². The zero-order chi connectivity index (χ0) is 13.1. The van der Waals surface area contributed by atoms with Crippen molar-refractivity contribution in [2.24, 2.45) is 0 Å². The quantitative estimate of drug-likeness (QED) is 0.848. The van der Waals surface area contributed by atoms with Crippen LogP contribution < -0.4 is 5.32 Å². The van der Waals surface area contributed by atoms with E-state index in [9.17, 15) is 13.2 Å². The number of halogens is 3. The van der Waals surface area contributed by atoms with E-state index in [0.717, 1.165) is 11.1 Å². The monoisotopic (exact) mass is 245 g/mol. The average molecular weight is 245 g/mol. The van der Waals surface area contributed by atoms with E-state index >= 15 is 0 Å². The SMILES string of the molecule is CCNC(CC(F)(F)F)c1ccc(C)c(C)c1. The van der Waals surface area contributed by atoms with Crippen LogP contribution in [0.4, 0.5) is 13.2 Å². The van der Waals surface area contributed by atoms with Gasteiger partial charge < -0.3 is 5.32 Å². The normalized spacial score (nSPS) is 13.8. The van der Waals surface area contributed by atoms with E-state index in [1.165, 1.54) is 0 Å². The fraction of sp³-hybridized carbons (Fsp3) is 0.538. The highest BCUT2D eigenvalue weighted by Crippen LogP contribution is 2.30. The summed E-state index contributed by atoms with van der Waals surface area (Å²) in [6, 6.07) is 4.81. The third-order valence-electron chi connectivity index (χ3n) is 2.82. The van der Waals surface area contributed by atoms with Gasteiger partial charge in [0.25, 0.3) is 0 Å². The molecule has 0 aliphatic heterocycles. The summed E-state index contributed by atoms with van der Waals surface area (Å²) in [6.45, 7) is 6.19. The van der Waals surface area contributed by atoms with Crippen molar-refractivity contribution in [3.8, 4) is 0 Å². The molecule has 1 nitrogen and oxygen atoms in total. The van der Waals surface area contributed by atoms with E-state index in [-0.39, 0.29) is 0 Å². The van der Waals surface area contributed by atoms with Crippen LogP contribution in [0, 0.1) is 13.8 Å². The van der Waals surface area contributed by atoms with Gasteiger partial charge in [-0.3, -0.25) is 0 Å². The Morgan fingerprint density at radius 1 is 1.18 bits per heavy atom. The zero-order valence-corrected chi connectivity index (χ0v) is 10.4. The van der Waals surface area contributed by atoms with Crippen LogP contribution in [0.1, 0.15) is 36.1 Å². The van der Waals surface area contributed by atoms with Crippen LogP contribution in [0.25, 0.3) is 0 Å². The highest BCUT2D eigenvalue weighted by Gasteiger charge is 2.32. The lowest BCUT2D eigenvalue weighted by Gasteiger charge is -2.20. The van der Waals surface area contributed by atoms with Gasteiger partial charge in [0.1, 0.15) is 0 Å². The summed E-state index contributed by atoms with van der Waals surface area (Å²) >= 11 is 0. The smallest absolute Gasteiger partial charge is 0.310 e. The maximum Gasteiger partial charge on any atom is 0.390 e. The molecule has 96 valence electrons. The zero-order valence-electron chi connectivity index (χ0n) is 10.4. The fourth-order valence-corrected chi connectivity index (χ4v) is 1.77. The summed E-state index contributed by atoms with van der Waals surface area (Å²) in [6.07, 6.45) is -4.98. The molecule has 0 aromatic heterocycles. The van der Waals surface area contributed by atoms with Gasteiger partial charge in [-0.2, -0.15) is 13.2 Å². The lowest BCUT2D eigenvalue weighted by atomic mass is 9.99. The van der Waals surface area contributed by atoms with E-state index < -0.39 is 18.6 Å². The van der Waals surface area contributed by atoms with Gasteiger partial charge in [-0.25, -0.2) is 0 Å². The standard InChI is InChI=1S/C13H18F3N/c1-4-17-12(8-13(14,15)16)11-6-5-9(2)10(3)7-11/h5-7,12,17H,4,8H2,1-3H3. The van der Waals surface area contributed by atoms with Crippen LogP contribution in [0.5, 0.6) is 0 Å². The molecule has 1 rings (SSSR count). The minimum absolute atomic E-state index is 0.521. The molecule has 0 aliphatic rings. The lowest BCUT2D eigenvalue weighted by molar-refractivity contribution is -0.140. The largest absolute Gasteiger partial charge is 0.390 e. The van der Waals surface area contributed by atoms with Crippen molar-refractivity contribution in [1.29, 1.82) is 0 Å². The Balaban J connectivity index is 2.93. The maximum absolute atomic E-state index is 12.5. The molecule has 0 fully saturated rings. The van der Waals surface area contributed by atoms with E-state index in [1.54, 1.807) is 6.07 Å². The van der Waals surface area contributed by atoms with Crippen molar-refractivity contribution < 1.29 is 13.2 Å². The minimum atomic E-state index is -4.15. The summed E-state index contributed by atoms with van der Waals surface area (Å²) in [7, 11) is 0. The molecule has 17 heavy (non-hydrogen) atoms. The van der Waals surface area contributed by atoms with E-state index in [1.807, 2.05) is 32.9 Å². The first-order valence-electron chi connectivity index (χ1n) is 5.70. The molecule has 0 heterocycles.